The van der Waals surface area contributed by atoms with Crippen LogP contribution in [-0.4, -0.2) is 29.9 Å². The van der Waals surface area contributed by atoms with Crippen molar-refractivity contribution >= 4 is 23.4 Å². The van der Waals surface area contributed by atoms with E-state index in [0.29, 0.717) is 27.6 Å². The molecule has 0 aliphatic carbocycles. The van der Waals surface area contributed by atoms with Gasteiger partial charge in [0.25, 0.3) is 5.91 Å². The maximum atomic E-state index is 12.4. The second-order valence-electron chi connectivity index (χ2n) is 5.14. The molecule has 2 aromatic carbocycles. The van der Waals surface area contributed by atoms with Gasteiger partial charge < -0.3 is 15.0 Å². The Balaban J connectivity index is 1.82. The number of ether oxygens (including phenoxy) is 1. The van der Waals surface area contributed by atoms with E-state index in [0.717, 1.165) is 0 Å². The van der Waals surface area contributed by atoms with E-state index < -0.39 is 0 Å². The maximum Gasteiger partial charge on any atom is 0.255 e. The maximum absolute atomic E-state index is 12.4. The predicted octanol–water partition coefficient (Wildman–Crippen LogP) is 2.53. The van der Waals surface area contributed by atoms with Gasteiger partial charge in [0.2, 0.25) is 5.91 Å². The summed E-state index contributed by atoms with van der Waals surface area (Å²) in [4.78, 5) is 25.0. The molecule has 2 amide bonds. The monoisotopic (exact) mass is 341 g/mol. The first-order valence-electron chi connectivity index (χ1n) is 7.10. The number of nitrogens with zero attached hydrogens (tertiary/aromatic N) is 2. The first-order chi connectivity index (χ1) is 11.6. The molecule has 1 aliphatic rings. The second kappa shape index (κ2) is 6.60. The zero-order valence-corrected chi connectivity index (χ0v) is 13.2. The molecule has 6 nitrogen and oxygen atoms in total. The Kier molecular flexibility index (Phi) is 4.36. The Morgan fingerprint density at radius 2 is 2.12 bits per heavy atom. The number of hydrogen-bond donors (Lipinski definition) is 1. The molecule has 0 unspecified atom stereocenters. The molecule has 0 atom stereocenters. The largest absolute Gasteiger partial charge is 0.456 e. The second-order valence-corrected chi connectivity index (χ2v) is 5.58. The first-order valence-corrected chi connectivity index (χ1v) is 7.48. The summed E-state index contributed by atoms with van der Waals surface area (Å²) in [5.41, 5.74) is 0.699. The number of rotatable bonds is 3. The number of carbonyl (C=O) groups is 2. The van der Waals surface area contributed by atoms with E-state index >= 15 is 0 Å². The zero-order valence-electron chi connectivity index (χ0n) is 12.5. The number of nitrogens with one attached hydrogen (secondary N) is 1. The van der Waals surface area contributed by atoms with Crippen LogP contribution in [0.2, 0.25) is 5.02 Å². The van der Waals surface area contributed by atoms with E-state index in [2.05, 4.69) is 5.32 Å². The number of hydrogen-bond acceptors (Lipinski definition) is 4. The van der Waals surface area contributed by atoms with Gasteiger partial charge in [0.05, 0.1) is 12.2 Å². The van der Waals surface area contributed by atoms with Crippen molar-refractivity contribution < 1.29 is 14.3 Å². The molecule has 2 aromatic rings. The predicted molar refractivity (Wildman–Crippen MR) is 86.7 cm³/mol. The first kappa shape index (κ1) is 15.8. The molecular formula is C17H12ClN3O3. The van der Waals surface area contributed by atoms with Crippen LogP contribution >= 0.6 is 11.6 Å². The Bertz CT molecular complexity index is 860. The standard InChI is InChI=1S/C17H12ClN3O3/c18-13-4-5-15(12(6-13)8-19)24-14-3-1-2-11(7-14)17(23)21-9-16(22)20-10-21/h1-7H,9-10H2,(H,20,22). The van der Waals surface area contributed by atoms with Crippen LogP contribution in [0.15, 0.2) is 42.5 Å². The summed E-state index contributed by atoms with van der Waals surface area (Å²) in [5.74, 6) is 0.314. The van der Waals surface area contributed by atoms with Crippen LogP contribution in [0.25, 0.3) is 0 Å². The van der Waals surface area contributed by atoms with Crippen molar-refractivity contribution in [2.24, 2.45) is 0 Å². The van der Waals surface area contributed by atoms with E-state index in [1.165, 1.54) is 11.0 Å². The molecule has 1 fully saturated rings. The van der Waals surface area contributed by atoms with Crippen molar-refractivity contribution in [2.75, 3.05) is 13.2 Å². The van der Waals surface area contributed by atoms with Crippen molar-refractivity contribution in [3.05, 3.63) is 58.6 Å². The molecule has 0 bridgehead atoms. The fraction of sp³-hybridized carbons (Fsp3) is 0.118. The van der Waals surface area contributed by atoms with Crippen molar-refractivity contribution in [1.29, 1.82) is 5.26 Å². The van der Waals surface area contributed by atoms with Crippen molar-refractivity contribution in [2.45, 2.75) is 0 Å². The van der Waals surface area contributed by atoms with Crippen LogP contribution in [0.5, 0.6) is 11.5 Å². The van der Waals surface area contributed by atoms with Gasteiger partial charge >= 0.3 is 0 Å². The highest BCUT2D eigenvalue weighted by Crippen LogP contribution is 2.28. The summed E-state index contributed by atoms with van der Waals surface area (Å²) < 4.78 is 5.70. The fourth-order valence-corrected chi connectivity index (χ4v) is 2.47. The highest BCUT2D eigenvalue weighted by molar-refractivity contribution is 6.30. The Hall–Kier alpha value is -3.04. The molecule has 3 rings (SSSR count). The highest BCUT2D eigenvalue weighted by Gasteiger charge is 2.24. The molecular weight excluding hydrogens is 330 g/mol. The normalized spacial score (nSPS) is 13.3. The summed E-state index contributed by atoms with van der Waals surface area (Å²) in [6, 6.07) is 13.3. The Morgan fingerprint density at radius 1 is 1.29 bits per heavy atom. The molecule has 1 aliphatic heterocycles. The third-order valence-electron chi connectivity index (χ3n) is 3.46. The Morgan fingerprint density at radius 3 is 2.83 bits per heavy atom. The molecule has 1 heterocycles. The number of benzene rings is 2. The quantitative estimate of drug-likeness (QED) is 0.930. The summed E-state index contributed by atoms with van der Waals surface area (Å²) >= 11 is 5.86. The molecule has 1 saturated heterocycles. The van der Waals surface area contributed by atoms with E-state index in [9.17, 15) is 9.59 Å². The lowest BCUT2D eigenvalue weighted by atomic mass is 10.2. The average molecular weight is 342 g/mol. The minimum atomic E-state index is -0.268. The Labute approximate surface area is 143 Å². The van der Waals surface area contributed by atoms with Gasteiger partial charge in [-0.3, -0.25) is 9.59 Å². The lowest BCUT2D eigenvalue weighted by molar-refractivity contribution is -0.118. The molecule has 0 radical (unpaired) electrons. The molecule has 120 valence electrons. The summed E-state index contributed by atoms with van der Waals surface area (Å²) in [5, 5.41) is 12.2. The zero-order chi connectivity index (χ0) is 17.1. The van der Waals surface area contributed by atoms with Crippen LogP contribution in [0.4, 0.5) is 0 Å². The third kappa shape index (κ3) is 3.31. The molecule has 7 heteroatoms. The van der Waals surface area contributed by atoms with E-state index in [1.54, 1.807) is 36.4 Å². The SMILES string of the molecule is N#Cc1cc(Cl)ccc1Oc1cccc(C(=O)N2CNC(=O)C2)c1. The highest BCUT2D eigenvalue weighted by atomic mass is 35.5. The van der Waals surface area contributed by atoms with Gasteiger partial charge in [-0.15, -0.1) is 0 Å². The molecule has 0 aromatic heterocycles. The summed E-state index contributed by atoms with van der Waals surface area (Å²) in [7, 11) is 0. The van der Waals surface area contributed by atoms with Gasteiger partial charge in [0, 0.05) is 10.6 Å². The lowest BCUT2D eigenvalue weighted by Gasteiger charge is -2.14. The van der Waals surface area contributed by atoms with Crippen molar-refractivity contribution in [1.82, 2.24) is 10.2 Å². The van der Waals surface area contributed by atoms with Crippen LogP contribution in [-0.2, 0) is 4.79 Å². The van der Waals surface area contributed by atoms with Gasteiger partial charge in [-0.1, -0.05) is 17.7 Å². The average Bonchev–Trinajstić information content (AvgIpc) is 3.02. The van der Waals surface area contributed by atoms with E-state index in [-0.39, 0.29) is 25.0 Å². The van der Waals surface area contributed by atoms with Crippen LogP contribution in [0, 0.1) is 11.3 Å². The lowest BCUT2D eigenvalue weighted by Crippen LogP contribution is -2.29. The van der Waals surface area contributed by atoms with Gasteiger partial charge in [-0.25, -0.2) is 0 Å². The molecule has 0 spiro atoms. The fourth-order valence-electron chi connectivity index (χ4n) is 2.29. The van der Waals surface area contributed by atoms with Gasteiger partial charge in [0.15, 0.2) is 0 Å². The summed E-state index contributed by atoms with van der Waals surface area (Å²) in [6.07, 6.45) is 0. The van der Waals surface area contributed by atoms with Crippen LogP contribution < -0.4 is 10.1 Å². The molecule has 0 saturated carbocycles. The minimum Gasteiger partial charge on any atom is -0.456 e. The topological polar surface area (TPSA) is 82.4 Å². The van der Waals surface area contributed by atoms with Gasteiger partial charge in [-0.05, 0) is 36.4 Å². The third-order valence-corrected chi connectivity index (χ3v) is 3.69. The smallest absolute Gasteiger partial charge is 0.255 e. The summed E-state index contributed by atoms with van der Waals surface area (Å²) in [6.45, 7) is 0.234. The van der Waals surface area contributed by atoms with Crippen LogP contribution in [0.1, 0.15) is 15.9 Å². The van der Waals surface area contributed by atoms with E-state index in [4.69, 9.17) is 21.6 Å². The minimum absolute atomic E-state index is 0.0414. The van der Waals surface area contributed by atoms with E-state index in [1.807, 2.05) is 6.07 Å². The number of amides is 2. The van der Waals surface area contributed by atoms with Crippen molar-refractivity contribution in [3.8, 4) is 17.6 Å². The molecule has 1 N–H and O–H groups in total. The van der Waals surface area contributed by atoms with Gasteiger partial charge in [-0.2, -0.15) is 5.26 Å². The number of nitriles is 1. The van der Waals surface area contributed by atoms with Crippen molar-refractivity contribution in [3.63, 3.8) is 0 Å². The number of halogens is 1. The van der Waals surface area contributed by atoms with Gasteiger partial charge in [0.1, 0.15) is 24.1 Å². The molecule has 24 heavy (non-hydrogen) atoms. The van der Waals surface area contributed by atoms with Crippen LogP contribution in [0.3, 0.4) is 0 Å². The number of carbonyl (C=O) groups excluding carboxylic acids is 2.